The molecule has 0 spiro atoms. The molecule has 0 saturated carbocycles. The van der Waals surface area contributed by atoms with E-state index in [1.807, 2.05) is 19.9 Å². The van der Waals surface area contributed by atoms with Crippen molar-refractivity contribution in [3.05, 3.63) is 74.7 Å². The quantitative estimate of drug-likeness (QED) is 0.0890. The molecule has 0 unspecified atom stereocenters. The molecule has 6 rings (SSSR count). The van der Waals surface area contributed by atoms with Crippen molar-refractivity contribution in [2.75, 3.05) is 19.5 Å². The fourth-order valence-corrected chi connectivity index (χ4v) is 8.12. The number of fused-ring (bicyclic) bond motifs is 5. The van der Waals surface area contributed by atoms with Crippen LogP contribution in [0.1, 0.15) is 68.6 Å². The molecule has 5 bridgehead atoms. The van der Waals surface area contributed by atoms with Gasteiger partial charge in [-0.05, 0) is 44.9 Å². The molecule has 2 aliphatic heterocycles. The molecule has 1 aromatic heterocycles. The van der Waals surface area contributed by atoms with Gasteiger partial charge < -0.3 is 49.1 Å². The molecule has 4 aromatic rings. The van der Waals surface area contributed by atoms with Gasteiger partial charge in [0.2, 0.25) is 0 Å². The van der Waals surface area contributed by atoms with Crippen LogP contribution in [0.25, 0.3) is 33.0 Å². The Morgan fingerprint density at radius 1 is 0.845 bits per heavy atom. The Bertz CT molecular complexity index is 2480. The first kappa shape index (κ1) is 42.3. The number of Topliss-reactive ketones (excluding diaryl/α,β-unsaturated/α-hetero) is 1. The number of benzene rings is 3. The second kappa shape index (κ2) is 15.8. The number of allylic oxidation sites excluding steroid dienone is 2. The zero-order valence-electron chi connectivity index (χ0n) is 34.6. The molecule has 5 N–H and O–H groups in total. The number of aromatic hydroxyl groups is 1. The van der Waals surface area contributed by atoms with Crippen molar-refractivity contribution in [1.82, 2.24) is 4.98 Å². The summed E-state index contributed by atoms with van der Waals surface area (Å²) in [7, 11) is 2.91. The molecule has 3 heterocycles. The number of ether oxygens (including phenoxy) is 4. The van der Waals surface area contributed by atoms with Crippen molar-refractivity contribution >= 4 is 50.3 Å². The van der Waals surface area contributed by atoms with Crippen LogP contribution in [-0.2, 0) is 14.3 Å². The minimum atomic E-state index is -2.02. The van der Waals surface area contributed by atoms with Crippen LogP contribution in [0.2, 0.25) is 0 Å². The van der Waals surface area contributed by atoms with Crippen LogP contribution < -0.4 is 20.2 Å². The highest BCUT2D eigenvalue weighted by atomic mass is 16.7. The zero-order chi connectivity index (χ0) is 42.7. The number of ketones is 1. The highest BCUT2D eigenvalue weighted by Crippen LogP contribution is 2.49. The third-order valence-electron chi connectivity index (χ3n) is 11.9. The molecule has 58 heavy (non-hydrogen) atoms. The molecule has 0 fully saturated rings. The summed E-state index contributed by atoms with van der Waals surface area (Å²) in [6, 6.07) is 1.85. The standard InChI is InChI=1S/C44H52N2O12/c1-18-13-12-14-19(2)43(53)46-32-37(51)28-27(31-40(32)57-41-30(45-31)20(3)17-21(4)38(41)55-11)29-39(25(8)36(28)50)58-44(9,42(29)52)56-16-15-26(54-10)22(5)34(48)24(7)35(49)23(6)33(18)47/h12-18,22-24,26,33-35,47-49,51H,1-11H3,(H,46,53)/b13-12+,16-15+,19-14-/t18-,22+,23+,24-,26-,33-,34+,35+,44-/m0/s1. The van der Waals surface area contributed by atoms with Gasteiger partial charge in [0.15, 0.2) is 28.1 Å². The highest BCUT2D eigenvalue weighted by molar-refractivity contribution is 6.26. The predicted molar refractivity (Wildman–Crippen MR) is 218 cm³/mol. The number of anilines is 1. The minimum absolute atomic E-state index is 0.00149. The van der Waals surface area contributed by atoms with Crippen LogP contribution in [-0.4, -0.2) is 81.5 Å². The largest absolute Gasteiger partial charge is 0.505 e. The van der Waals surface area contributed by atoms with E-state index in [0.717, 1.165) is 5.56 Å². The first-order valence-electron chi connectivity index (χ1n) is 19.2. The van der Waals surface area contributed by atoms with E-state index in [4.69, 9.17) is 28.3 Å². The van der Waals surface area contributed by atoms with Crippen LogP contribution in [0.15, 0.2) is 51.4 Å². The van der Waals surface area contributed by atoms with Gasteiger partial charge in [-0.2, -0.15) is 0 Å². The van der Waals surface area contributed by atoms with Gasteiger partial charge in [-0.15, -0.1) is 0 Å². The van der Waals surface area contributed by atoms with Gasteiger partial charge in [-0.25, -0.2) is 4.98 Å². The molecule has 0 saturated heterocycles. The van der Waals surface area contributed by atoms with Crippen molar-refractivity contribution in [3.8, 4) is 17.2 Å². The van der Waals surface area contributed by atoms with Gasteiger partial charge in [0.1, 0.15) is 22.5 Å². The molecular formula is C44H52N2O12. The van der Waals surface area contributed by atoms with E-state index in [2.05, 4.69) is 5.32 Å². The van der Waals surface area contributed by atoms with Gasteiger partial charge in [0.05, 0.1) is 48.7 Å². The number of amides is 1. The molecule has 2 aliphatic rings. The summed E-state index contributed by atoms with van der Waals surface area (Å²) >= 11 is 0. The second-order valence-electron chi connectivity index (χ2n) is 15.9. The summed E-state index contributed by atoms with van der Waals surface area (Å²) in [5.74, 6) is -6.20. The number of methoxy groups -OCH3 is 2. The number of aryl methyl sites for hydroxylation is 2. The van der Waals surface area contributed by atoms with Gasteiger partial charge in [-0.1, -0.05) is 52.0 Å². The Morgan fingerprint density at radius 2 is 1.50 bits per heavy atom. The average Bonchev–Trinajstić information content (AvgIpc) is 3.46. The number of aliphatic hydroxyl groups excluding tert-OH is 3. The Morgan fingerprint density at radius 3 is 2.16 bits per heavy atom. The smallest absolute Gasteiger partial charge is 0.312 e. The number of phenolic OH excluding ortho intramolecular Hbond substituents is 1. The maximum Gasteiger partial charge on any atom is 0.312 e. The summed E-state index contributed by atoms with van der Waals surface area (Å²) in [6.07, 6.45) is 3.52. The van der Waals surface area contributed by atoms with E-state index >= 15 is 0 Å². The SMILES string of the molecule is COc1c(C)cc(C)c2nc3c(oc12)c1c(O)c2c(=O)c(C)c4c(c23)C(=O)[C@@](C)(O/C=C/[C@H](OC)[C@@H](C)[C@@H](O)[C@H](C)[C@H](O)[C@H](C)[C@@H](O)[C@@H](C)/C=C/C=C(/C)C(=O)N1)O4. The number of carbonyl (C=O) groups is 2. The lowest BCUT2D eigenvalue weighted by Gasteiger charge is -2.36. The molecule has 0 aliphatic carbocycles. The summed E-state index contributed by atoms with van der Waals surface area (Å²) < 4.78 is 30.0. The second-order valence-corrected chi connectivity index (χ2v) is 15.9. The summed E-state index contributed by atoms with van der Waals surface area (Å²) in [5, 5.41) is 48.3. The third kappa shape index (κ3) is 6.91. The fraction of sp³-hybridized carbons (Fsp3) is 0.455. The molecule has 14 nitrogen and oxygen atoms in total. The van der Waals surface area contributed by atoms with Crippen molar-refractivity contribution in [2.45, 2.75) is 92.5 Å². The van der Waals surface area contributed by atoms with Crippen LogP contribution in [0, 0.1) is 44.4 Å². The van der Waals surface area contributed by atoms with Gasteiger partial charge >= 0.3 is 5.79 Å². The maximum absolute atomic E-state index is 14.6. The van der Waals surface area contributed by atoms with Crippen LogP contribution in [0.5, 0.6) is 17.2 Å². The van der Waals surface area contributed by atoms with E-state index in [9.17, 15) is 34.8 Å². The van der Waals surface area contributed by atoms with Crippen molar-refractivity contribution in [2.24, 2.45) is 23.7 Å². The van der Waals surface area contributed by atoms with Crippen LogP contribution in [0.4, 0.5) is 5.69 Å². The number of rotatable bonds is 2. The Kier molecular flexibility index (Phi) is 11.5. The third-order valence-corrected chi connectivity index (χ3v) is 11.9. The lowest BCUT2D eigenvalue weighted by molar-refractivity contribution is -0.112. The molecule has 1 amide bonds. The van der Waals surface area contributed by atoms with E-state index < -0.39 is 76.7 Å². The Hall–Kier alpha value is -5.28. The lowest BCUT2D eigenvalue weighted by Crippen LogP contribution is -2.44. The number of nitrogens with one attached hydrogen (secondary N) is 1. The molecule has 0 radical (unpaired) electrons. The topological polar surface area (TPSA) is 207 Å². The van der Waals surface area contributed by atoms with Crippen molar-refractivity contribution in [3.63, 3.8) is 0 Å². The molecule has 9 atom stereocenters. The van der Waals surface area contributed by atoms with Crippen molar-refractivity contribution < 1.29 is 53.4 Å². The molecule has 14 heteroatoms. The monoisotopic (exact) mass is 800 g/mol. The Balaban J connectivity index is 1.64. The average molecular weight is 801 g/mol. The van der Waals surface area contributed by atoms with E-state index in [-0.39, 0.29) is 55.6 Å². The van der Waals surface area contributed by atoms with Gasteiger partial charge in [0.25, 0.3) is 11.7 Å². The number of hydrogen-bond acceptors (Lipinski definition) is 13. The predicted octanol–water partition coefficient (Wildman–Crippen LogP) is 6.05. The first-order chi connectivity index (χ1) is 27.3. The number of hydrogen-bond donors (Lipinski definition) is 5. The van der Waals surface area contributed by atoms with Crippen LogP contribution in [0.3, 0.4) is 0 Å². The first-order valence-corrected chi connectivity index (χ1v) is 19.2. The lowest BCUT2D eigenvalue weighted by atomic mass is 9.78. The van der Waals surface area contributed by atoms with E-state index in [0.29, 0.717) is 16.8 Å². The maximum atomic E-state index is 14.6. The minimum Gasteiger partial charge on any atom is -0.505 e. The summed E-state index contributed by atoms with van der Waals surface area (Å²) in [6.45, 7) is 14.9. The zero-order valence-corrected chi connectivity index (χ0v) is 34.6. The van der Waals surface area contributed by atoms with Crippen molar-refractivity contribution in [1.29, 1.82) is 0 Å². The van der Waals surface area contributed by atoms with E-state index in [1.165, 1.54) is 53.4 Å². The highest BCUT2D eigenvalue weighted by Gasteiger charge is 2.49. The van der Waals surface area contributed by atoms with E-state index in [1.54, 1.807) is 39.8 Å². The molecule has 3 aromatic carbocycles. The number of aromatic nitrogens is 1. The summed E-state index contributed by atoms with van der Waals surface area (Å²) in [4.78, 5) is 47.6. The summed E-state index contributed by atoms with van der Waals surface area (Å²) in [5.41, 5.74) is 0.953. The number of aliphatic hydroxyl groups is 3. The molecule has 310 valence electrons. The normalized spacial score (nSPS) is 30.6. The van der Waals surface area contributed by atoms with Crippen LogP contribution >= 0.6 is 0 Å². The number of phenols is 1. The fourth-order valence-electron chi connectivity index (χ4n) is 8.12. The number of nitrogens with zero attached hydrogens (tertiary/aromatic N) is 1. The van der Waals surface area contributed by atoms with Gasteiger partial charge in [-0.3, -0.25) is 14.4 Å². The number of carbonyl (C=O) groups excluding carboxylic acids is 2. The van der Waals surface area contributed by atoms with Gasteiger partial charge in [0, 0.05) is 54.2 Å². The Labute approximate surface area is 335 Å². The molecular weight excluding hydrogens is 748 g/mol.